The molecule has 1 aliphatic rings. The number of hydrogen-bond acceptors (Lipinski definition) is 1. The highest BCUT2D eigenvalue weighted by Crippen LogP contribution is 2.32. The molecule has 2 heteroatoms. The zero-order chi connectivity index (χ0) is 14.7. The number of benzene rings is 2. The number of allylic oxidation sites excluding steroid dienone is 2. The van der Waals surface area contributed by atoms with Gasteiger partial charge in [0.05, 0.1) is 0 Å². The van der Waals surface area contributed by atoms with Crippen molar-refractivity contribution < 1.29 is 4.79 Å². The van der Waals surface area contributed by atoms with Crippen molar-refractivity contribution in [3.8, 4) is 0 Å². The Hall–Kier alpha value is -1.86. The monoisotopic (exact) mass is 296 g/mol. The summed E-state index contributed by atoms with van der Waals surface area (Å²) < 4.78 is 0. The first kappa shape index (κ1) is 14.1. The smallest absolute Gasteiger partial charge is 0.166 e. The van der Waals surface area contributed by atoms with E-state index in [0.29, 0.717) is 0 Å². The number of halogens is 1. The van der Waals surface area contributed by atoms with Crippen molar-refractivity contribution >= 4 is 23.0 Å². The van der Waals surface area contributed by atoms with Gasteiger partial charge in [-0.2, -0.15) is 0 Å². The van der Waals surface area contributed by atoms with Crippen molar-refractivity contribution in [3.63, 3.8) is 0 Å². The highest BCUT2D eigenvalue weighted by Gasteiger charge is 2.22. The van der Waals surface area contributed by atoms with Crippen LogP contribution in [0.25, 0.3) is 5.57 Å². The normalized spacial score (nSPS) is 18.1. The topological polar surface area (TPSA) is 17.1 Å². The van der Waals surface area contributed by atoms with Crippen LogP contribution in [-0.4, -0.2) is 5.78 Å². The standard InChI is InChI=1S/C19H17ClO/c20-18-12-10-15(11-13-18)14-6-8-17(9-7-14)19(21)16-4-2-1-3-5-16/h1-6,10-13,17H,7-9H2. The molecule has 0 N–H and O–H groups in total. The molecule has 0 saturated heterocycles. The summed E-state index contributed by atoms with van der Waals surface area (Å²) in [7, 11) is 0. The summed E-state index contributed by atoms with van der Waals surface area (Å²) in [6, 6.07) is 17.5. The average Bonchev–Trinajstić information content (AvgIpc) is 2.56. The molecule has 1 atom stereocenters. The third-order valence-electron chi connectivity index (χ3n) is 4.06. The predicted octanol–water partition coefficient (Wildman–Crippen LogP) is 5.41. The van der Waals surface area contributed by atoms with Gasteiger partial charge < -0.3 is 0 Å². The molecule has 0 bridgehead atoms. The Kier molecular flexibility index (Phi) is 4.21. The van der Waals surface area contributed by atoms with E-state index in [9.17, 15) is 4.79 Å². The molecule has 2 aromatic carbocycles. The van der Waals surface area contributed by atoms with Crippen molar-refractivity contribution in [2.24, 2.45) is 5.92 Å². The summed E-state index contributed by atoms with van der Waals surface area (Å²) in [6.45, 7) is 0. The van der Waals surface area contributed by atoms with E-state index in [4.69, 9.17) is 11.6 Å². The van der Waals surface area contributed by atoms with Gasteiger partial charge in [-0.05, 0) is 42.5 Å². The molecule has 0 radical (unpaired) electrons. The summed E-state index contributed by atoms with van der Waals surface area (Å²) in [6.07, 6.45) is 4.90. The van der Waals surface area contributed by atoms with E-state index in [0.717, 1.165) is 29.8 Å². The quantitative estimate of drug-likeness (QED) is 0.692. The number of ketones is 1. The Balaban J connectivity index is 1.72. The lowest BCUT2D eigenvalue weighted by molar-refractivity contribution is 0.0913. The maximum atomic E-state index is 12.4. The minimum absolute atomic E-state index is 0.114. The molecule has 3 rings (SSSR count). The van der Waals surface area contributed by atoms with Crippen LogP contribution in [-0.2, 0) is 0 Å². The van der Waals surface area contributed by atoms with Gasteiger partial charge in [-0.3, -0.25) is 4.79 Å². The van der Waals surface area contributed by atoms with E-state index < -0.39 is 0 Å². The Morgan fingerprint density at radius 1 is 1.00 bits per heavy atom. The number of rotatable bonds is 3. The molecule has 0 aromatic heterocycles. The van der Waals surface area contributed by atoms with Gasteiger partial charge >= 0.3 is 0 Å². The van der Waals surface area contributed by atoms with Gasteiger partial charge in [0.1, 0.15) is 0 Å². The van der Waals surface area contributed by atoms with Gasteiger partial charge in [-0.1, -0.05) is 60.1 Å². The van der Waals surface area contributed by atoms with Crippen molar-refractivity contribution in [1.29, 1.82) is 0 Å². The van der Waals surface area contributed by atoms with Crippen LogP contribution in [0.3, 0.4) is 0 Å². The number of carbonyl (C=O) groups excluding carboxylic acids is 1. The maximum absolute atomic E-state index is 12.4. The fourth-order valence-corrected chi connectivity index (χ4v) is 2.96. The van der Waals surface area contributed by atoms with Crippen molar-refractivity contribution in [2.45, 2.75) is 19.3 Å². The molecule has 0 saturated carbocycles. The third kappa shape index (κ3) is 3.25. The summed E-state index contributed by atoms with van der Waals surface area (Å²) >= 11 is 5.92. The summed E-state index contributed by atoms with van der Waals surface area (Å²) in [5.74, 6) is 0.380. The molecule has 1 aliphatic carbocycles. The molecular weight excluding hydrogens is 280 g/mol. The molecule has 106 valence electrons. The average molecular weight is 297 g/mol. The Labute approximate surface area is 130 Å². The molecule has 2 aromatic rings. The molecule has 1 unspecified atom stereocenters. The minimum Gasteiger partial charge on any atom is -0.294 e. The highest BCUT2D eigenvalue weighted by molar-refractivity contribution is 6.30. The summed E-state index contributed by atoms with van der Waals surface area (Å²) in [5.41, 5.74) is 3.36. The number of hydrogen-bond donors (Lipinski definition) is 0. The van der Waals surface area contributed by atoms with Gasteiger partial charge in [-0.15, -0.1) is 0 Å². The maximum Gasteiger partial charge on any atom is 0.166 e. The largest absolute Gasteiger partial charge is 0.294 e. The molecule has 0 amide bonds. The second kappa shape index (κ2) is 6.28. The summed E-state index contributed by atoms with van der Waals surface area (Å²) in [5, 5.41) is 0.757. The van der Waals surface area contributed by atoms with Crippen LogP contribution in [0.5, 0.6) is 0 Å². The van der Waals surface area contributed by atoms with Gasteiger partial charge in [0.15, 0.2) is 5.78 Å². The molecule has 21 heavy (non-hydrogen) atoms. The molecule has 0 fully saturated rings. The fraction of sp³-hybridized carbons (Fsp3) is 0.211. The summed E-state index contributed by atoms with van der Waals surface area (Å²) in [4.78, 5) is 12.4. The van der Waals surface area contributed by atoms with E-state index in [1.54, 1.807) is 0 Å². The zero-order valence-corrected chi connectivity index (χ0v) is 12.5. The van der Waals surface area contributed by atoms with Crippen LogP contribution in [0, 0.1) is 5.92 Å². The molecule has 1 nitrogen and oxygen atoms in total. The zero-order valence-electron chi connectivity index (χ0n) is 11.8. The molecule has 0 heterocycles. The van der Waals surface area contributed by atoms with E-state index in [1.165, 1.54) is 11.1 Å². The lowest BCUT2D eigenvalue weighted by atomic mass is 9.82. The predicted molar refractivity (Wildman–Crippen MR) is 87.5 cm³/mol. The fourth-order valence-electron chi connectivity index (χ4n) is 2.84. The minimum atomic E-state index is 0.114. The van der Waals surface area contributed by atoms with Gasteiger partial charge in [-0.25, -0.2) is 0 Å². The first-order valence-corrected chi connectivity index (χ1v) is 7.66. The van der Waals surface area contributed by atoms with E-state index >= 15 is 0 Å². The van der Waals surface area contributed by atoms with Crippen LogP contribution < -0.4 is 0 Å². The van der Waals surface area contributed by atoms with Crippen LogP contribution in [0.4, 0.5) is 0 Å². The van der Waals surface area contributed by atoms with Gasteiger partial charge in [0.2, 0.25) is 0 Å². The van der Waals surface area contributed by atoms with Crippen LogP contribution >= 0.6 is 11.6 Å². The lowest BCUT2D eigenvalue weighted by Gasteiger charge is -2.21. The third-order valence-corrected chi connectivity index (χ3v) is 4.31. The first-order valence-electron chi connectivity index (χ1n) is 7.28. The Bertz CT molecular complexity index is 656. The molecule has 0 aliphatic heterocycles. The van der Waals surface area contributed by atoms with E-state index in [1.807, 2.05) is 54.6 Å². The molecule has 0 spiro atoms. The van der Waals surface area contributed by atoms with Crippen LogP contribution in [0.1, 0.15) is 35.2 Å². The highest BCUT2D eigenvalue weighted by atomic mass is 35.5. The first-order chi connectivity index (χ1) is 10.2. The SMILES string of the molecule is O=C(c1ccccc1)C1CC=C(c2ccc(Cl)cc2)CC1. The Morgan fingerprint density at radius 2 is 1.71 bits per heavy atom. The van der Waals surface area contributed by atoms with Gasteiger partial charge in [0.25, 0.3) is 0 Å². The van der Waals surface area contributed by atoms with Crippen molar-refractivity contribution in [1.82, 2.24) is 0 Å². The number of carbonyl (C=O) groups is 1. The van der Waals surface area contributed by atoms with Crippen molar-refractivity contribution in [2.75, 3.05) is 0 Å². The van der Waals surface area contributed by atoms with Crippen LogP contribution in [0.2, 0.25) is 5.02 Å². The number of Topliss-reactive ketones (excluding diaryl/α,β-unsaturated/α-hetero) is 1. The van der Waals surface area contributed by atoms with E-state index in [-0.39, 0.29) is 11.7 Å². The molecular formula is C19H17ClO. The van der Waals surface area contributed by atoms with E-state index in [2.05, 4.69) is 6.08 Å². The Morgan fingerprint density at radius 3 is 2.33 bits per heavy atom. The van der Waals surface area contributed by atoms with Crippen molar-refractivity contribution in [3.05, 3.63) is 76.8 Å². The second-order valence-electron chi connectivity index (χ2n) is 5.44. The lowest BCUT2D eigenvalue weighted by Crippen LogP contribution is -2.17. The van der Waals surface area contributed by atoms with Gasteiger partial charge in [0, 0.05) is 16.5 Å². The second-order valence-corrected chi connectivity index (χ2v) is 5.87. The van der Waals surface area contributed by atoms with Crippen LogP contribution in [0.15, 0.2) is 60.7 Å².